The molecule has 1 aromatic heterocycles. The Kier molecular flexibility index (Phi) is 5.50. The number of hydrogen-bond donors (Lipinski definition) is 2. The van der Waals surface area contributed by atoms with Crippen molar-refractivity contribution in [3.63, 3.8) is 0 Å². The maximum Gasteiger partial charge on any atom is 0.265 e. The summed E-state index contributed by atoms with van der Waals surface area (Å²) < 4.78 is 1.11. The Morgan fingerprint density at radius 3 is 2.40 bits per heavy atom. The Hall–Kier alpha value is -2.19. The van der Waals surface area contributed by atoms with Gasteiger partial charge in [0.2, 0.25) is 0 Å². The minimum absolute atomic E-state index is 0.222. The third-order valence-corrected chi connectivity index (χ3v) is 5.14. The first kappa shape index (κ1) is 17.6. The van der Waals surface area contributed by atoms with Crippen LogP contribution in [0.4, 0.5) is 11.4 Å². The highest BCUT2D eigenvalue weighted by Crippen LogP contribution is 2.22. The van der Waals surface area contributed by atoms with Gasteiger partial charge < -0.3 is 10.6 Å². The van der Waals surface area contributed by atoms with Crippen molar-refractivity contribution >= 4 is 57.1 Å². The van der Waals surface area contributed by atoms with E-state index in [0.29, 0.717) is 16.1 Å². The molecule has 2 N–H and O–H groups in total. The van der Waals surface area contributed by atoms with E-state index in [1.807, 2.05) is 36.6 Å². The predicted molar refractivity (Wildman–Crippen MR) is 111 cm³/mol. The van der Waals surface area contributed by atoms with Gasteiger partial charge in [-0.15, -0.1) is 11.3 Å². The number of benzene rings is 2. The highest BCUT2D eigenvalue weighted by atomic mass is 127. The quantitative estimate of drug-likeness (QED) is 0.526. The minimum Gasteiger partial charge on any atom is -0.322 e. The van der Waals surface area contributed by atoms with Crippen molar-refractivity contribution in [3.05, 3.63) is 79.6 Å². The molecule has 0 fully saturated rings. The van der Waals surface area contributed by atoms with Crippen LogP contribution in [0.3, 0.4) is 0 Å². The molecule has 3 rings (SSSR count). The van der Waals surface area contributed by atoms with Gasteiger partial charge in [-0.2, -0.15) is 0 Å². The van der Waals surface area contributed by atoms with Crippen molar-refractivity contribution in [2.24, 2.45) is 0 Å². The Labute approximate surface area is 163 Å². The van der Waals surface area contributed by atoms with E-state index >= 15 is 0 Å². The van der Waals surface area contributed by atoms with Crippen LogP contribution in [0.25, 0.3) is 0 Å². The number of hydrogen-bond acceptors (Lipinski definition) is 3. The van der Waals surface area contributed by atoms with Crippen LogP contribution in [-0.4, -0.2) is 11.8 Å². The van der Waals surface area contributed by atoms with E-state index in [4.69, 9.17) is 0 Å². The average Bonchev–Trinajstić information content (AvgIpc) is 3.12. The number of carbonyl (C=O) groups excluding carboxylic acids is 2. The number of halogens is 1. The summed E-state index contributed by atoms with van der Waals surface area (Å²) in [7, 11) is 0. The van der Waals surface area contributed by atoms with Crippen LogP contribution in [0.15, 0.2) is 60.0 Å². The third-order valence-electron chi connectivity index (χ3n) is 3.60. The molecule has 0 saturated carbocycles. The smallest absolute Gasteiger partial charge is 0.265 e. The van der Waals surface area contributed by atoms with Crippen LogP contribution in [0, 0.1) is 10.5 Å². The van der Waals surface area contributed by atoms with Crippen molar-refractivity contribution in [2.75, 3.05) is 10.6 Å². The van der Waals surface area contributed by atoms with Gasteiger partial charge in [0.15, 0.2) is 0 Å². The summed E-state index contributed by atoms with van der Waals surface area (Å²) in [5, 5.41) is 7.56. The summed E-state index contributed by atoms with van der Waals surface area (Å²) in [6, 6.07) is 16.4. The van der Waals surface area contributed by atoms with Crippen LogP contribution in [0.1, 0.15) is 25.6 Å². The molecule has 0 unspecified atom stereocenters. The molecule has 0 radical (unpaired) electrons. The minimum atomic E-state index is -0.258. The molecule has 3 aromatic rings. The van der Waals surface area contributed by atoms with Crippen LogP contribution in [0.2, 0.25) is 0 Å². The molecule has 0 atom stereocenters. The van der Waals surface area contributed by atoms with Crippen LogP contribution < -0.4 is 10.6 Å². The summed E-state index contributed by atoms with van der Waals surface area (Å²) in [5.41, 5.74) is 2.65. The van der Waals surface area contributed by atoms with E-state index in [1.54, 1.807) is 30.3 Å². The Morgan fingerprint density at radius 1 is 0.920 bits per heavy atom. The molecule has 1 heterocycles. The van der Waals surface area contributed by atoms with E-state index in [2.05, 4.69) is 33.2 Å². The third kappa shape index (κ3) is 4.26. The lowest BCUT2D eigenvalue weighted by Crippen LogP contribution is -2.18. The number of rotatable bonds is 4. The maximum absolute atomic E-state index is 12.7. The molecule has 0 aliphatic heterocycles. The molecular formula is C19H15IN2O2S. The summed E-state index contributed by atoms with van der Waals surface area (Å²) in [5.74, 6) is -0.480. The fourth-order valence-corrected chi connectivity index (χ4v) is 3.60. The summed E-state index contributed by atoms with van der Waals surface area (Å²) in [4.78, 5) is 25.5. The van der Waals surface area contributed by atoms with Crippen LogP contribution in [-0.2, 0) is 0 Å². The second-order valence-corrected chi connectivity index (χ2v) is 7.58. The maximum atomic E-state index is 12.7. The van der Waals surface area contributed by atoms with Gasteiger partial charge in [0.1, 0.15) is 0 Å². The zero-order valence-corrected chi connectivity index (χ0v) is 16.4. The first-order valence-corrected chi connectivity index (χ1v) is 9.52. The Balaban J connectivity index is 1.82. The SMILES string of the molecule is Cc1cc(I)ccc1NC(=O)c1ccccc1NC(=O)c1cccs1. The fraction of sp³-hybridized carbons (Fsp3) is 0.0526. The second-order valence-electron chi connectivity index (χ2n) is 5.39. The van der Waals surface area contributed by atoms with Gasteiger partial charge in [-0.25, -0.2) is 0 Å². The highest BCUT2D eigenvalue weighted by Gasteiger charge is 2.15. The number of nitrogens with one attached hydrogen (secondary N) is 2. The van der Waals surface area contributed by atoms with Crippen molar-refractivity contribution in [2.45, 2.75) is 6.92 Å². The molecule has 4 nitrogen and oxygen atoms in total. The lowest BCUT2D eigenvalue weighted by Gasteiger charge is -2.12. The number of amides is 2. The molecule has 2 aromatic carbocycles. The lowest BCUT2D eigenvalue weighted by atomic mass is 10.1. The van der Waals surface area contributed by atoms with Crippen LogP contribution in [0.5, 0.6) is 0 Å². The van der Waals surface area contributed by atoms with E-state index in [1.165, 1.54) is 11.3 Å². The molecule has 0 bridgehead atoms. The van der Waals surface area contributed by atoms with Gasteiger partial charge in [-0.3, -0.25) is 9.59 Å². The fourth-order valence-electron chi connectivity index (χ4n) is 2.34. The molecule has 0 aliphatic carbocycles. The monoisotopic (exact) mass is 462 g/mol. The average molecular weight is 462 g/mol. The normalized spacial score (nSPS) is 10.3. The Morgan fingerprint density at radius 2 is 1.68 bits per heavy atom. The molecule has 0 saturated heterocycles. The van der Waals surface area contributed by atoms with Gasteiger partial charge >= 0.3 is 0 Å². The summed E-state index contributed by atoms with van der Waals surface area (Å²) >= 11 is 3.59. The molecular weight excluding hydrogens is 447 g/mol. The van der Waals surface area contributed by atoms with Crippen molar-refractivity contribution < 1.29 is 9.59 Å². The molecule has 0 spiro atoms. The van der Waals surface area contributed by atoms with Gasteiger partial charge in [0.25, 0.3) is 11.8 Å². The largest absolute Gasteiger partial charge is 0.322 e. The van der Waals surface area contributed by atoms with Gasteiger partial charge in [-0.05, 0) is 76.9 Å². The topological polar surface area (TPSA) is 58.2 Å². The highest BCUT2D eigenvalue weighted by molar-refractivity contribution is 14.1. The number of aryl methyl sites for hydroxylation is 1. The van der Waals surface area contributed by atoms with Gasteiger partial charge in [0.05, 0.1) is 16.1 Å². The standard InChI is InChI=1S/C19H15IN2O2S/c1-12-11-13(20)8-9-15(12)21-18(23)14-5-2-3-6-16(14)22-19(24)17-7-4-10-25-17/h2-11H,1H3,(H,21,23)(H,22,24). The van der Waals surface area contributed by atoms with Crippen molar-refractivity contribution in [1.29, 1.82) is 0 Å². The molecule has 6 heteroatoms. The predicted octanol–water partition coefficient (Wildman–Crippen LogP) is 5.17. The van der Waals surface area contributed by atoms with E-state index < -0.39 is 0 Å². The van der Waals surface area contributed by atoms with Crippen LogP contribution >= 0.6 is 33.9 Å². The number of anilines is 2. The molecule has 25 heavy (non-hydrogen) atoms. The van der Waals surface area contributed by atoms with Crippen molar-refractivity contribution in [1.82, 2.24) is 0 Å². The number of thiophene rings is 1. The lowest BCUT2D eigenvalue weighted by molar-refractivity contribution is 0.102. The van der Waals surface area contributed by atoms with E-state index in [-0.39, 0.29) is 11.8 Å². The molecule has 0 aliphatic rings. The molecule has 126 valence electrons. The molecule has 2 amide bonds. The number of carbonyl (C=O) groups is 2. The summed E-state index contributed by atoms with van der Waals surface area (Å²) in [6.45, 7) is 1.95. The first-order valence-electron chi connectivity index (χ1n) is 7.56. The summed E-state index contributed by atoms with van der Waals surface area (Å²) in [6.07, 6.45) is 0. The van der Waals surface area contributed by atoms with E-state index in [0.717, 1.165) is 14.8 Å². The van der Waals surface area contributed by atoms with Gasteiger partial charge in [-0.1, -0.05) is 18.2 Å². The van der Waals surface area contributed by atoms with Gasteiger partial charge in [0, 0.05) is 9.26 Å². The number of para-hydroxylation sites is 1. The first-order chi connectivity index (χ1) is 12.0. The second kappa shape index (κ2) is 7.79. The van der Waals surface area contributed by atoms with Crippen molar-refractivity contribution in [3.8, 4) is 0 Å². The Bertz CT molecular complexity index is 923. The zero-order chi connectivity index (χ0) is 17.8. The zero-order valence-electron chi connectivity index (χ0n) is 13.4. The van der Waals surface area contributed by atoms with E-state index in [9.17, 15) is 9.59 Å².